The predicted octanol–water partition coefficient (Wildman–Crippen LogP) is 1.16. The molecule has 1 amide bonds. The minimum atomic E-state index is -3.61. The van der Waals surface area contributed by atoms with Crippen LogP contribution in [-0.2, 0) is 14.8 Å². The molecule has 1 aliphatic rings. The molecule has 0 radical (unpaired) electrons. The van der Waals surface area contributed by atoms with E-state index in [0.717, 1.165) is 0 Å². The highest BCUT2D eigenvalue weighted by Crippen LogP contribution is 2.25. The van der Waals surface area contributed by atoms with Crippen LogP contribution in [0, 0.1) is 6.92 Å². The summed E-state index contributed by atoms with van der Waals surface area (Å²) in [4.78, 5) is 11.5. The van der Waals surface area contributed by atoms with Crippen LogP contribution in [0.3, 0.4) is 0 Å². The number of carbonyl (C=O) groups is 1. The monoisotopic (exact) mass is 302 g/mol. The maximum atomic E-state index is 12.5. The first-order chi connectivity index (χ1) is 8.93. The fraction of sp³-hybridized carbons (Fsp3) is 0.417. The van der Waals surface area contributed by atoms with Gasteiger partial charge in [-0.1, -0.05) is 17.7 Å². The highest BCUT2D eigenvalue weighted by atomic mass is 35.5. The second kappa shape index (κ2) is 5.48. The summed E-state index contributed by atoms with van der Waals surface area (Å²) in [6, 6.07) is 4.81. The lowest BCUT2D eigenvalue weighted by Crippen LogP contribution is -2.34. The molecule has 0 bridgehead atoms. The van der Waals surface area contributed by atoms with Gasteiger partial charge in [-0.15, -0.1) is 0 Å². The lowest BCUT2D eigenvalue weighted by Gasteiger charge is -2.20. The molecule has 2 rings (SSSR count). The average Bonchev–Trinajstić information content (AvgIpc) is 2.57. The Morgan fingerprint density at radius 3 is 2.79 bits per heavy atom. The molecule has 1 heterocycles. The van der Waals surface area contributed by atoms with Crippen LogP contribution in [0.5, 0.6) is 0 Å². The van der Waals surface area contributed by atoms with Crippen molar-refractivity contribution in [2.75, 3.05) is 19.6 Å². The highest BCUT2D eigenvalue weighted by molar-refractivity contribution is 7.89. The molecule has 1 aromatic carbocycles. The summed E-state index contributed by atoms with van der Waals surface area (Å²) >= 11 is 5.96. The number of rotatable bonds is 2. The van der Waals surface area contributed by atoms with Crippen molar-refractivity contribution in [3.05, 3.63) is 28.8 Å². The van der Waals surface area contributed by atoms with E-state index < -0.39 is 10.0 Å². The van der Waals surface area contributed by atoms with E-state index in [-0.39, 0.29) is 30.3 Å². The Morgan fingerprint density at radius 1 is 1.32 bits per heavy atom. The third kappa shape index (κ3) is 2.91. The van der Waals surface area contributed by atoms with Crippen LogP contribution in [0.2, 0.25) is 5.02 Å². The van der Waals surface area contributed by atoms with Gasteiger partial charge < -0.3 is 5.32 Å². The van der Waals surface area contributed by atoms with E-state index in [1.54, 1.807) is 19.1 Å². The molecule has 1 N–H and O–H groups in total. The van der Waals surface area contributed by atoms with Gasteiger partial charge in [-0.05, 0) is 24.6 Å². The molecule has 1 fully saturated rings. The molecule has 1 aromatic rings. The van der Waals surface area contributed by atoms with Crippen molar-refractivity contribution in [2.24, 2.45) is 0 Å². The summed E-state index contributed by atoms with van der Waals surface area (Å²) < 4.78 is 26.4. The van der Waals surface area contributed by atoms with Crippen LogP contribution in [0.1, 0.15) is 12.0 Å². The van der Waals surface area contributed by atoms with Crippen LogP contribution >= 0.6 is 11.6 Å². The first-order valence-electron chi connectivity index (χ1n) is 5.95. The lowest BCUT2D eigenvalue weighted by atomic mass is 10.2. The maximum absolute atomic E-state index is 12.5. The molecule has 0 atom stereocenters. The number of carbonyl (C=O) groups excluding carboxylic acids is 1. The van der Waals surface area contributed by atoms with Crippen LogP contribution in [-0.4, -0.2) is 38.3 Å². The van der Waals surface area contributed by atoms with E-state index in [1.807, 2.05) is 0 Å². The number of sulfonamides is 1. The molecular weight excluding hydrogens is 288 g/mol. The van der Waals surface area contributed by atoms with Gasteiger partial charge in [-0.25, -0.2) is 8.42 Å². The molecule has 0 unspecified atom stereocenters. The summed E-state index contributed by atoms with van der Waals surface area (Å²) in [5.41, 5.74) is 0.535. The zero-order chi connectivity index (χ0) is 14.0. The summed E-state index contributed by atoms with van der Waals surface area (Å²) in [6.07, 6.45) is 0.179. The van der Waals surface area contributed by atoms with Gasteiger partial charge in [0.15, 0.2) is 0 Å². The number of hydrogen-bond acceptors (Lipinski definition) is 3. The van der Waals surface area contributed by atoms with Crippen molar-refractivity contribution in [1.29, 1.82) is 0 Å². The second-order valence-corrected chi connectivity index (χ2v) is 6.68. The van der Waals surface area contributed by atoms with Crippen molar-refractivity contribution in [2.45, 2.75) is 18.2 Å². The Balaban J connectivity index is 2.36. The smallest absolute Gasteiger partial charge is 0.243 e. The number of hydrogen-bond donors (Lipinski definition) is 1. The number of nitrogens with one attached hydrogen (secondary N) is 1. The molecule has 0 spiro atoms. The fourth-order valence-corrected chi connectivity index (χ4v) is 3.91. The molecule has 0 aromatic heterocycles. The van der Waals surface area contributed by atoms with E-state index in [2.05, 4.69) is 5.32 Å². The Kier molecular flexibility index (Phi) is 4.13. The van der Waals surface area contributed by atoms with Gasteiger partial charge in [0, 0.05) is 31.1 Å². The standard InChI is InChI=1S/C12H15ClN2O3S/c1-9-10(13)3-2-4-11(9)19(17,18)15-7-5-12(16)14-6-8-15/h2-4H,5-8H2,1H3,(H,14,16). The van der Waals surface area contributed by atoms with Crippen molar-refractivity contribution in [1.82, 2.24) is 9.62 Å². The molecule has 104 valence electrons. The van der Waals surface area contributed by atoms with E-state index in [9.17, 15) is 13.2 Å². The quantitative estimate of drug-likeness (QED) is 0.891. The van der Waals surface area contributed by atoms with Gasteiger partial charge in [0.1, 0.15) is 0 Å². The van der Waals surface area contributed by atoms with Gasteiger partial charge in [-0.3, -0.25) is 4.79 Å². The maximum Gasteiger partial charge on any atom is 0.243 e. The minimum Gasteiger partial charge on any atom is -0.355 e. The largest absolute Gasteiger partial charge is 0.355 e. The van der Waals surface area contributed by atoms with Crippen molar-refractivity contribution in [3.8, 4) is 0 Å². The molecule has 0 aliphatic carbocycles. The van der Waals surface area contributed by atoms with Crippen molar-refractivity contribution < 1.29 is 13.2 Å². The zero-order valence-corrected chi connectivity index (χ0v) is 12.1. The van der Waals surface area contributed by atoms with Crippen molar-refractivity contribution in [3.63, 3.8) is 0 Å². The molecule has 7 heteroatoms. The van der Waals surface area contributed by atoms with Gasteiger partial charge in [0.2, 0.25) is 15.9 Å². The highest BCUT2D eigenvalue weighted by Gasteiger charge is 2.28. The van der Waals surface area contributed by atoms with Gasteiger partial charge in [0.05, 0.1) is 4.90 Å². The lowest BCUT2D eigenvalue weighted by molar-refractivity contribution is -0.120. The van der Waals surface area contributed by atoms with Crippen LogP contribution in [0.4, 0.5) is 0 Å². The average molecular weight is 303 g/mol. The fourth-order valence-electron chi connectivity index (χ4n) is 1.99. The first kappa shape index (κ1) is 14.3. The van der Waals surface area contributed by atoms with E-state index >= 15 is 0 Å². The van der Waals surface area contributed by atoms with Crippen LogP contribution in [0.15, 0.2) is 23.1 Å². The summed E-state index contributed by atoms with van der Waals surface area (Å²) in [5, 5.41) is 3.07. The number of amides is 1. The first-order valence-corrected chi connectivity index (χ1v) is 7.76. The second-order valence-electron chi connectivity index (χ2n) is 4.37. The van der Waals surface area contributed by atoms with Crippen LogP contribution in [0.25, 0.3) is 0 Å². The molecular formula is C12H15ClN2O3S. The Morgan fingerprint density at radius 2 is 2.05 bits per heavy atom. The molecule has 1 aliphatic heterocycles. The normalized spacial score (nSPS) is 17.9. The van der Waals surface area contributed by atoms with Gasteiger partial charge in [-0.2, -0.15) is 4.31 Å². The molecule has 0 saturated carbocycles. The SMILES string of the molecule is Cc1c(Cl)cccc1S(=O)(=O)N1CCNC(=O)CC1. The zero-order valence-electron chi connectivity index (χ0n) is 10.5. The van der Waals surface area contributed by atoms with Crippen molar-refractivity contribution >= 4 is 27.5 Å². The summed E-state index contributed by atoms with van der Waals surface area (Å²) in [7, 11) is -3.61. The number of benzene rings is 1. The molecule has 5 nitrogen and oxygen atoms in total. The Bertz CT molecular complexity index is 601. The molecule has 1 saturated heterocycles. The Labute approximate surface area is 117 Å². The topological polar surface area (TPSA) is 66.5 Å². The van der Waals surface area contributed by atoms with E-state index in [4.69, 9.17) is 11.6 Å². The predicted molar refractivity (Wildman–Crippen MR) is 72.6 cm³/mol. The van der Waals surface area contributed by atoms with E-state index in [1.165, 1.54) is 10.4 Å². The van der Waals surface area contributed by atoms with E-state index in [0.29, 0.717) is 17.1 Å². The summed E-state index contributed by atoms with van der Waals surface area (Å²) in [6.45, 7) is 2.48. The molecule has 19 heavy (non-hydrogen) atoms. The number of halogens is 1. The van der Waals surface area contributed by atoms with Gasteiger partial charge in [0.25, 0.3) is 0 Å². The van der Waals surface area contributed by atoms with Crippen LogP contribution < -0.4 is 5.32 Å². The number of nitrogens with zero attached hydrogens (tertiary/aromatic N) is 1. The van der Waals surface area contributed by atoms with Gasteiger partial charge >= 0.3 is 0 Å². The minimum absolute atomic E-state index is 0.125. The third-order valence-electron chi connectivity index (χ3n) is 3.11. The Hall–Kier alpha value is -1.11. The summed E-state index contributed by atoms with van der Waals surface area (Å²) in [5.74, 6) is -0.125. The third-order valence-corrected chi connectivity index (χ3v) is 5.56.